The number of aliphatic carboxylic acids is 1. The summed E-state index contributed by atoms with van der Waals surface area (Å²) in [4.78, 5) is 16.1. The molecule has 1 heterocycles. The van der Waals surface area contributed by atoms with Crippen LogP contribution in [0.2, 0.25) is 0 Å². The van der Waals surface area contributed by atoms with Gasteiger partial charge in [0.2, 0.25) is 5.88 Å². The molecule has 0 spiro atoms. The van der Waals surface area contributed by atoms with E-state index < -0.39 is 11.4 Å². The maximum absolute atomic E-state index is 11.4. The first-order chi connectivity index (χ1) is 14.5. The van der Waals surface area contributed by atoms with Gasteiger partial charge in [-0.3, -0.25) is 4.79 Å². The van der Waals surface area contributed by atoms with Gasteiger partial charge in [0.25, 0.3) is 0 Å². The number of pyridine rings is 1. The first kappa shape index (κ1) is 21.6. The first-order valence-corrected chi connectivity index (χ1v) is 10.5. The fraction of sp³-hybridized carbons (Fsp3) is 0.308. The van der Waals surface area contributed by atoms with Crippen molar-refractivity contribution < 1.29 is 14.6 Å². The summed E-state index contributed by atoms with van der Waals surface area (Å²) in [6.07, 6.45) is 2.88. The molecule has 4 nitrogen and oxygen atoms in total. The molecule has 0 amide bonds. The highest BCUT2D eigenvalue weighted by Crippen LogP contribution is 2.30. The van der Waals surface area contributed by atoms with Crippen molar-refractivity contribution in [3.8, 4) is 28.3 Å². The van der Waals surface area contributed by atoms with Gasteiger partial charge < -0.3 is 9.84 Å². The molecule has 0 aliphatic heterocycles. The fourth-order valence-electron chi connectivity index (χ4n) is 3.36. The number of rotatable bonds is 10. The van der Waals surface area contributed by atoms with Crippen LogP contribution in [0.3, 0.4) is 0 Å². The zero-order valence-corrected chi connectivity index (χ0v) is 17.7. The van der Waals surface area contributed by atoms with Crippen LogP contribution in [-0.4, -0.2) is 22.7 Å². The second kappa shape index (κ2) is 10.1. The zero-order valence-electron chi connectivity index (χ0n) is 17.7. The topological polar surface area (TPSA) is 59.4 Å². The Hall–Kier alpha value is -3.14. The van der Waals surface area contributed by atoms with Gasteiger partial charge in [-0.05, 0) is 49.8 Å². The quantitative estimate of drug-likeness (QED) is 0.394. The molecule has 1 atom stereocenters. The van der Waals surface area contributed by atoms with E-state index in [2.05, 4.69) is 18.2 Å². The predicted molar refractivity (Wildman–Crippen MR) is 120 cm³/mol. The summed E-state index contributed by atoms with van der Waals surface area (Å²) in [5.41, 5.74) is 3.43. The van der Waals surface area contributed by atoms with Crippen molar-refractivity contribution in [1.82, 2.24) is 4.98 Å². The van der Waals surface area contributed by atoms with Crippen molar-refractivity contribution in [1.29, 1.82) is 0 Å². The van der Waals surface area contributed by atoms with Crippen LogP contribution in [0.4, 0.5) is 0 Å². The SMILES string of the molecule is CCC(C)(CCCCOc1cc(-c2ccccc2)cc(-c2ccccc2)n1)C(=O)O. The molecule has 0 bridgehead atoms. The van der Waals surface area contributed by atoms with Gasteiger partial charge >= 0.3 is 5.97 Å². The third kappa shape index (κ3) is 5.47. The van der Waals surface area contributed by atoms with Crippen molar-refractivity contribution in [2.75, 3.05) is 6.61 Å². The number of hydrogen-bond donors (Lipinski definition) is 1. The van der Waals surface area contributed by atoms with Crippen molar-refractivity contribution in [3.63, 3.8) is 0 Å². The Morgan fingerprint density at radius 3 is 2.17 bits per heavy atom. The van der Waals surface area contributed by atoms with E-state index >= 15 is 0 Å². The Morgan fingerprint density at radius 2 is 1.57 bits per heavy atom. The largest absolute Gasteiger partial charge is 0.481 e. The normalized spacial score (nSPS) is 12.9. The molecule has 4 heteroatoms. The number of ether oxygens (including phenoxy) is 1. The third-order valence-electron chi connectivity index (χ3n) is 5.65. The molecule has 3 rings (SSSR count). The molecule has 0 saturated carbocycles. The molecule has 3 aromatic rings. The van der Waals surface area contributed by atoms with E-state index in [0.29, 0.717) is 25.3 Å². The lowest BCUT2D eigenvalue weighted by atomic mass is 9.82. The van der Waals surface area contributed by atoms with Crippen molar-refractivity contribution in [2.45, 2.75) is 39.5 Å². The highest BCUT2D eigenvalue weighted by atomic mass is 16.5. The maximum Gasteiger partial charge on any atom is 0.309 e. The van der Waals surface area contributed by atoms with E-state index in [-0.39, 0.29) is 0 Å². The van der Waals surface area contributed by atoms with Gasteiger partial charge in [0.1, 0.15) is 0 Å². The molecule has 30 heavy (non-hydrogen) atoms. The first-order valence-electron chi connectivity index (χ1n) is 10.5. The summed E-state index contributed by atoms with van der Waals surface area (Å²) in [6, 6.07) is 24.3. The van der Waals surface area contributed by atoms with E-state index in [9.17, 15) is 9.90 Å². The molecule has 1 aromatic heterocycles. The zero-order chi connectivity index (χ0) is 21.4. The smallest absolute Gasteiger partial charge is 0.309 e. The van der Waals surface area contributed by atoms with E-state index in [0.717, 1.165) is 35.2 Å². The highest BCUT2D eigenvalue weighted by molar-refractivity contribution is 5.74. The number of aromatic nitrogens is 1. The lowest BCUT2D eigenvalue weighted by Gasteiger charge is -2.22. The van der Waals surface area contributed by atoms with Crippen LogP contribution in [0.15, 0.2) is 72.8 Å². The van der Waals surface area contributed by atoms with Gasteiger partial charge in [-0.1, -0.05) is 67.6 Å². The molecule has 0 saturated heterocycles. The number of unbranched alkanes of at least 4 members (excludes halogenated alkanes) is 1. The Bertz CT molecular complexity index is 899. The van der Waals surface area contributed by atoms with Crippen LogP contribution in [0.1, 0.15) is 39.5 Å². The van der Waals surface area contributed by atoms with Crippen molar-refractivity contribution in [2.24, 2.45) is 5.41 Å². The summed E-state index contributed by atoms with van der Waals surface area (Å²) < 4.78 is 5.98. The third-order valence-corrected chi connectivity index (χ3v) is 5.65. The van der Waals surface area contributed by atoms with Crippen LogP contribution in [0.5, 0.6) is 5.88 Å². The van der Waals surface area contributed by atoms with Gasteiger partial charge in [-0.25, -0.2) is 4.98 Å². The molecule has 2 aromatic carbocycles. The maximum atomic E-state index is 11.4. The molecule has 156 valence electrons. The van der Waals surface area contributed by atoms with E-state index in [1.54, 1.807) is 0 Å². The fourth-order valence-corrected chi connectivity index (χ4v) is 3.36. The molecular formula is C26H29NO3. The average Bonchev–Trinajstić information content (AvgIpc) is 2.79. The van der Waals surface area contributed by atoms with Crippen molar-refractivity contribution >= 4 is 5.97 Å². The molecule has 1 N–H and O–H groups in total. The van der Waals surface area contributed by atoms with Crippen LogP contribution >= 0.6 is 0 Å². The monoisotopic (exact) mass is 403 g/mol. The number of benzene rings is 2. The number of carboxylic acids is 1. The van der Waals surface area contributed by atoms with Gasteiger partial charge in [0.05, 0.1) is 17.7 Å². The molecule has 0 radical (unpaired) electrons. The summed E-state index contributed by atoms with van der Waals surface area (Å²) in [5, 5.41) is 9.40. The van der Waals surface area contributed by atoms with Crippen LogP contribution in [-0.2, 0) is 4.79 Å². The molecular weight excluding hydrogens is 374 g/mol. The van der Waals surface area contributed by atoms with Gasteiger partial charge in [0, 0.05) is 11.6 Å². The highest BCUT2D eigenvalue weighted by Gasteiger charge is 2.30. The van der Waals surface area contributed by atoms with E-state index in [1.807, 2.05) is 68.4 Å². The van der Waals surface area contributed by atoms with Crippen molar-refractivity contribution in [3.05, 3.63) is 72.8 Å². The summed E-state index contributed by atoms with van der Waals surface area (Å²) in [7, 11) is 0. The molecule has 0 aliphatic rings. The minimum absolute atomic E-state index is 0.513. The minimum atomic E-state index is -0.726. The van der Waals surface area contributed by atoms with E-state index in [4.69, 9.17) is 9.72 Å². The van der Waals surface area contributed by atoms with Gasteiger partial charge in [-0.2, -0.15) is 0 Å². The molecule has 0 aliphatic carbocycles. The Labute approximate surface area is 178 Å². The number of hydrogen-bond acceptors (Lipinski definition) is 3. The minimum Gasteiger partial charge on any atom is -0.481 e. The summed E-state index contributed by atoms with van der Waals surface area (Å²) >= 11 is 0. The number of carbonyl (C=O) groups is 1. The summed E-state index contributed by atoms with van der Waals surface area (Å²) in [5.74, 6) is -0.137. The van der Waals surface area contributed by atoms with E-state index in [1.165, 1.54) is 0 Å². The predicted octanol–water partition coefficient (Wildman–Crippen LogP) is 6.47. The summed E-state index contributed by atoms with van der Waals surface area (Å²) in [6.45, 7) is 4.25. The molecule has 0 fully saturated rings. The standard InChI is InChI=1S/C26H29NO3/c1-3-26(2,25(28)29)16-10-11-17-30-24-19-22(20-12-6-4-7-13-20)18-23(27-24)21-14-8-5-9-15-21/h4-9,12-15,18-19H,3,10-11,16-17H2,1-2H3,(H,28,29). The number of carboxylic acid groups (broad SMARTS) is 1. The van der Waals surface area contributed by atoms with Gasteiger partial charge in [-0.15, -0.1) is 0 Å². The Morgan fingerprint density at radius 1 is 0.933 bits per heavy atom. The molecule has 1 unspecified atom stereocenters. The second-order valence-corrected chi connectivity index (χ2v) is 7.84. The number of nitrogens with zero attached hydrogens (tertiary/aromatic N) is 1. The Kier molecular flexibility index (Phi) is 7.23. The van der Waals surface area contributed by atoms with Crippen LogP contribution in [0.25, 0.3) is 22.4 Å². The van der Waals surface area contributed by atoms with Gasteiger partial charge in [0.15, 0.2) is 0 Å². The Balaban J connectivity index is 1.72. The average molecular weight is 404 g/mol. The lowest BCUT2D eigenvalue weighted by molar-refractivity contribution is -0.148. The van der Waals surface area contributed by atoms with Crippen LogP contribution in [0, 0.1) is 5.41 Å². The van der Waals surface area contributed by atoms with Crippen LogP contribution < -0.4 is 4.74 Å². The lowest BCUT2D eigenvalue weighted by Crippen LogP contribution is -2.26. The second-order valence-electron chi connectivity index (χ2n) is 7.84.